The fraction of sp³-hybridized carbons (Fsp3) is 0.250. The van der Waals surface area contributed by atoms with Gasteiger partial charge < -0.3 is 15.4 Å². The highest BCUT2D eigenvalue weighted by Gasteiger charge is 2.12. The summed E-state index contributed by atoms with van der Waals surface area (Å²) in [5.74, 6) is -1.64. The lowest BCUT2D eigenvalue weighted by molar-refractivity contribution is -0.136. The maximum absolute atomic E-state index is 11.4. The Morgan fingerprint density at radius 3 is 2.83 bits per heavy atom. The number of nitrogens with zero attached hydrogens (tertiary/aromatic N) is 1. The van der Waals surface area contributed by atoms with Crippen LogP contribution in [0, 0.1) is 11.3 Å². The summed E-state index contributed by atoms with van der Waals surface area (Å²) >= 11 is 0. The zero-order valence-electron chi connectivity index (χ0n) is 9.90. The van der Waals surface area contributed by atoms with Crippen LogP contribution < -0.4 is 10.6 Å². The average Bonchev–Trinajstić information content (AvgIpc) is 2.36. The molecule has 1 rings (SSSR count). The van der Waals surface area contributed by atoms with Gasteiger partial charge in [-0.15, -0.1) is 0 Å². The highest BCUT2D eigenvalue weighted by Crippen LogP contribution is 2.11. The Kier molecular flexibility index (Phi) is 5.35. The van der Waals surface area contributed by atoms with Crippen LogP contribution in [0.25, 0.3) is 0 Å². The van der Waals surface area contributed by atoms with Crippen molar-refractivity contribution in [3.63, 3.8) is 0 Å². The van der Waals surface area contributed by atoms with E-state index in [1.54, 1.807) is 31.4 Å². The van der Waals surface area contributed by atoms with E-state index in [0.29, 0.717) is 12.3 Å². The molecule has 94 valence electrons. The van der Waals surface area contributed by atoms with E-state index in [2.05, 4.69) is 10.6 Å². The molecule has 0 saturated heterocycles. The first kappa shape index (κ1) is 13.7. The maximum Gasteiger partial charge on any atom is 0.313 e. The zero-order valence-corrected chi connectivity index (χ0v) is 9.90. The lowest BCUT2D eigenvalue weighted by atomic mass is 10.2. The van der Waals surface area contributed by atoms with Crippen molar-refractivity contribution in [3.8, 4) is 6.07 Å². The van der Waals surface area contributed by atoms with E-state index in [1.807, 2.05) is 6.07 Å². The lowest BCUT2D eigenvalue weighted by Crippen LogP contribution is -2.35. The normalized spacial score (nSPS) is 9.33. The monoisotopic (exact) mass is 247 g/mol. The Morgan fingerprint density at radius 2 is 2.17 bits per heavy atom. The molecule has 0 aromatic heterocycles. The van der Waals surface area contributed by atoms with Gasteiger partial charge in [-0.3, -0.25) is 9.59 Å². The molecule has 1 aromatic carbocycles. The molecule has 0 radical (unpaired) electrons. The first-order valence-corrected chi connectivity index (χ1v) is 5.21. The zero-order chi connectivity index (χ0) is 13.4. The van der Waals surface area contributed by atoms with Gasteiger partial charge in [-0.1, -0.05) is 12.1 Å². The number of ether oxygens (including phenoxy) is 1. The molecule has 0 unspecified atom stereocenters. The lowest BCUT2D eigenvalue weighted by Gasteiger charge is -2.06. The van der Waals surface area contributed by atoms with Crippen molar-refractivity contribution >= 4 is 17.5 Å². The molecule has 0 aliphatic heterocycles. The van der Waals surface area contributed by atoms with Crippen LogP contribution in [-0.4, -0.2) is 25.5 Å². The Morgan fingerprint density at radius 1 is 1.39 bits per heavy atom. The van der Waals surface area contributed by atoms with Gasteiger partial charge in [0.15, 0.2) is 0 Å². The van der Waals surface area contributed by atoms with Gasteiger partial charge in [-0.25, -0.2) is 0 Å². The predicted octanol–water partition coefficient (Wildman–Crippen LogP) is 0.411. The van der Waals surface area contributed by atoms with Gasteiger partial charge in [-0.2, -0.15) is 5.26 Å². The summed E-state index contributed by atoms with van der Waals surface area (Å²) in [4.78, 5) is 22.6. The SMILES string of the molecule is COCc1cccc(NC(=O)C(=O)NCC#N)c1. The van der Waals surface area contributed by atoms with Crippen LogP contribution in [0.5, 0.6) is 0 Å². The molecule has 0 atom stereocenters. The first-order chi connectivity index (χ1) is 8.67. The number of hydrogen-bond acceptors (Lipinski definition) is 4. The quantitative estimate of drug-likeness (QED) is 0.595. The molecule has 0 aliphatic rings. The molecule has 0 saturated carbocycles. The predicted molar refractivity (Wildman–Crippen MR) is 64.4 cm³/mol. The molecule has 2 N–H and O–H groups in total. The van der Waals surface area contributed by atoms with E-state index < -0.39 is 11.8 Å². The van der Waals surface area contributed by atoms with Gasteiger partial charge in [0.1, 0.15) is 6.54 Å². The second-order valence-corrected chi connectivity index (χ2v) is 3.43. The summed E-state index contributed by atoms with van der Waals surface area (Å²) in [6, 6.07) is 8.67. The van der Waals surface area contributed by atoms with Gasteiger partial charge in [-0.05, 0) is 17.7 Å². The number of benzene rings is 1. The van der Waals surface area contributed by atoms with Crippen molar-refractivity contribution in [3.05, 3.63) is 29.8 Å². The Labute approximate surface area is 105 Å². The number of carbonyl (C=O) groups excluding carboxylic acids is 2. The van der Waals surface area contributed by atoms with E-state index in [-0.39, 0.29) is 6.54 Å². The molecule has 0 heterocycles. The number of nitrogens with one attached hydrogen (secondary N) is 2. The number of rotatable bonds is 4. The van der Waals surface area contributed by atoms with E-state index in [4.69, 9.17) is 10.00 Å². The van der Waals surface area contributed by atoms with Gasteiger partial charge in [0.05, 0.1) is 12.7 Å². The summed E-state index contributed by atoms with van der Waals surface area (Å²) in [7, 11) is 1.57. The molecule has 2 amide bonds. The summed E-state index contributed by atoms with van der Waals surface area (Å²) in [6.07, 6.45) is 0. The fourth-order valence-electron chi connectivity index (χ4n) is 1.29. The molecular formula is C12H13N3O3. The van der Waals surface area contributed by atoms with Crippen molar-refractivity contribution in [2.45, 2.75) is 6.61 Å². The molecule has 1 aromatic rings. The van der Waals surface area contributed by atoms with E-state index in [9.17, 15) is 9.59 Å². The van der Waals surface area contributed by atoms with Crippen LogP contribution in [0.1, 0.15) is 5.56 Å². The molecule has 18 heavy (non-hydrogen) atoms. The van der Waals surface area contributed by atoms with Crippen LogP contribution in [0.3, 0.4) is 0 Å². The molecule has 0 spiro atoms. The number of anilines is 1. The van der Waals surface area contributed by atoms with E-state index in [1.165, 1.54) is 0 Å². The minimum absolute atomic E-state index is 0.198. The molecule has 0 bridgehead atoms. The minimum Gasteiger partial charge on any atom is -0.380 e. The number of methoxy groups -OCH3 is 1. The van der Waals surface area contributed by atoms with E-state index >= 15 is 0 Å². The highest BCUT2D eigenvalue weighted by molar-refractivity contribution is 6.39. The fourth-order valence-corrected chi connectivity index (χ4v) is 1.29. The Bertz CT molecular complexity index is 480. The maximum atomic E-state index is 11.4. The topological polar surface area (TPSA) is 91.2 Å². The third kappa shape index (κ3) is 4.23. The highest BCUT2D eigenvalue weighted by atomic mass is 16.5. The minimum atomic E-state index is -0.839. The van der Waals surface area contributed by atoms with Crippen LogP contribution in [-0.2, 0) is 20.9 Å². The second kappa shape index (κ2) is 7.04. The Balaban J connectivity index is 2.61. The number of amides is 2. The number of carbonyl (C=O) groups is 2. The smallest absolute Gasteiger partial charge is 0.313 e. The Hall–Kier alpha value is -2.39. The van der Waals surface area contributed by atoms with Crippen LogP contribution in [0.15, 0.2) is 24.3 Å². The van der Waals surface area contributed by atoms with Crippen LogP contribution in [0.2, 0.25) is 0 Å². The van der Waals surface area contributed by atoms with Crippen LogP contribution >= 0.6 is 0 Å². The second-order valence-electron chi connectivity index (χ2n) is 3.43. The van der Waals surface area contributed by atoms with Gasteiger partial charge >= 0.3 is 11.8 Å². The molecule has 0 aliphatic carbocycles. The molecular weight excluding hydrogens is 234 g/mol. The third-order valence-corrected chi connectivity index (χ3v) is 2.03. The van der Waals surface area contributed by atoms with Crippen molar-refractivity contribution in [2.24, 2.45) is 0 Å². The number of hydrogen-bond donors (Lipinski definition) is 2. The largest absolute Gasteiger partial charge is 0.380 e. The van der Waals surface area contributed by atoms with E-state index in [0.717, 1.165) is 5.56 Å². The van der Waals surface area contributed by atoms with Gasteiger partial charge in [0, 0.05) is 12.8 Å². The summed E-state index contributed by atoms with van der Waals surface area (Å²) in [5, 5.41) is 12.9. The van der Waals surface area contributed by atoms with Crippen LogP contribution in [0.4, 0.5) is 5.69 Å². The average molecular weight is 247 g/mol. The molecule has 6 heteroatoms. The standard InChI is InChI=1S/C12H13N3O3/c1-18-8-9-3-2-4-10(7-9)15-12(17)11(16)14-6-5-13/h2-4,7H,6,8H2,1H3,(H,14,16)(H,15,17). The van der Waals surface area contributed by atoms with Crippen molar-refractivity contribution < 1.29 is 14.3 Å². The van der Waals surface area contributed by atoms with Gasteiger partial charge in [0.2, 0.25) is 0 Å². The summed E-state index contributed by atoms with van der Waals surface area (Å²) < 4.78 is 4.96. The van der Waals surface area contributed by atoms with Crippen molar-refractivity contribution in [1.82, 2.24) is 5.32 Å². The number of nitriles is 1. The van der Waals surface area contributed by atoms with Crippen molar-refractivity contribution in [2.75, 3.05) is 19.0 Å². The summed E-state index contributed by atoms with van der Waals surface area (Å²) in [5.41, 5.74) is 1.38. The summed E-state index contributed by atoms with van der Waals surface area (Å²) in [6.45, 7) is 0.223. The third-order valence-electron chi connectivity index (χ3n) is 2.03. The van der Waals surface area contributed by atoms with Gasteiger partial charge in [0.25, 0.3) is 0 Å². The molecule has 0 fully saturated rings. The first-order valence-electron chi connectivity index (χ1n) is 5.21. The molecule has 6 nitrogen and oxygen atoms in total. The van der Waals surface area contributed by atoms with Crippen molar-refractivity contribution in [1.29, 1.82) is 5.26 Å².